The van der Waals surface area contributed by atoms with E-state index < -0.39 is 5.97 Å². The normalized spacial score (nSPS) is 10.4. The van der Waals surface area contributed by atoms with Crippen LogP contribution < -0.4 is 0 Å². The molecule has 0 unspecified atom stereocenters. The fourth-order valence-corrected chi connectivity index (χ4v) is 2.15. The first-order valence-corrected chi connectivity index (χ1v) is 6.52. The molecule has 1 aromatic heterocycles. The monoisotopic (exact) mass is 287 g/mol. The molecule has 0 aliphatic rings. The number of hydrogen-bond donors (Lipinski definition) is 1. The first-order chi connectivity index (χ1) is 9.88. The van der Waals surface area contributed by atoms with E-state index in [0.717, 1.165) is 16.9 Å². The maximum atomic E-state index is 12.4. The number of amides is 1. The van der Waals surface area contributed by atoms with E-state index in [0.29, 0.717) is 12.1 Å². The molecule has 21 heavy (non-hydrogen) atoms. The Balaban J connectivity index is 2.23. The number of rotatable bonds is 4. The highest BCUT2D eigenvalue weighted by molar-refractivity contribution is 5.97. The number of carboxylic acid groups (broad SMARTS) is 1. The summed E-state index contributed by atoms with van der Waals surface area (Å²) < 4.78 is 5.20. The Morgan fingerprint density at radius 3 is 2.43 bits per heavy atom. The fourth-order valence-electron chi connectivity index (χ4n) is 2.15. The van der Waals surface area contributed by atoms with Gasteiger partial charge in [0.05, 0.1) is 11.8 Å². The zero-order valence-electron chi connectivity index (χ0n) is 12.2. The average molecular weight is 287 g/mol. The number of carboxylic acids is 1. The van der Waals surface area contributed by atoms with E-state index in [1.165, 1.54) is 11.0 Å². The van der Waals surface area contributed by atoms with Crippen molar-refractivity contribution in [2.45, 2.75) is 20.4 Å². The van der Waals surface area contributed by atoms with Crippen LogP contribution in [0.5, 0.6) is 0 Å². The lowest BCUT2D eigenvalue weighted by Crippen LogP contribution is -2.26. The van der Waals surface area contributed by atoms with Gasteiger partial charge in [-0.1, -0.05) is 0 Å². The molecule has 5 nitrogen and oxygen atoms in total. The lowest BCUT2D eigenvalue weighted by Gasteiger charge is -2.17. The second-order valence-electron chi connectivity index (χ2n) is 5.06. The molecule has 0 radical (unpaired) electrons. The first-order valence-electron chi connectivity index (χ1n) is 6.52. The van der Waals surface area contributed by atoms with Crippen LogP contribution in [0.15, 0.2) is 34.9 Å². The summed E-state index contributed by atoms with van der Waals surface area (Å²) >= 11 is 0. The SMILES string of the molecule is Cc1cc(C(=O)O)cc(C(=O)N(C)Cc2ccoc2C)c1. The van der Waals surface area contributed by atoms with Crippen LogP contribution in [0.2, 0.25) is 0 Å². The predicted molar refractivity (Wildman–Crippen MR) is 77.4 cm³/mol. The van der Waals surface area contributed by atoms with Gasteiger partial charge in [-0.05, 0) is 43.7 Å². The van der Waals surface area contributed by atoms with Crippen LogP contribution in [0, 0.1) is 13.8 Å². The molecule has 0 fully saturated rings. The molecule has 1 amide bonds. The van der Waals surface area contributed by atoms with Crippen molar-refractivity contribution in [2.24, 2.45) is 0 Å². The van der Waals surface area contributed by atoms with Crippen LogP contribution in [0.25, 0.3) is 0 Å². The van der Waals surface area contributed by atoms with Gasteiger partial charge < -0.3 is 14.4 Å². The van der Waals surface area contributed by atoms with Gasteiger partial charge in [-0.2, -0.15) is 0 Å². The van der Waals surface area contributed by atoms with Gasteiger partial charge in [0.2, 0.25) is 0 Å². The first kappa shape index (κ1) is 14.8. The second kappa shape index (κ2) is 5.83. The number of aromatic carboxylic acids is 1. The summed E-state index contributed by atoms with van der Waals surface area (Å²) in [6, 6.07) is 6.45. The van der Waals surface area contributed by atoms with E-state index in [4.69, 9.17) is 9.52 Å². The molecule has 2 aromatic rings. The van der Waals surface area contributed by atoms with Gasteiger partial charge in [0.15, 0.2) is 0 Å². The third-order valence-electron chi connectivity index (χ3n) is 3.29. The predicted octanol–water partition coefficient (Wildman–Crippen LogP) is 2.87. The number of aryl methyl sites for hydroxylation is 2. The highest BCUT2D eigenvalue weighted by Gasteiger charge is 2.16. The Morgan fingerprint density at radius 2 is 1.86 bits per heavy atom. The van der Waals surface area contributed by atoms with Gasteiger partial charge in [-0.3, -0.25) is 4.79 Å². The number of hydrogen-bond acceptors (Lipinski definition) is 3. The van der Waals surface area contributed by atoms with E-state index in [-0.39, 0.29) is 11.5 Å². The minimum Gasteiger partial charge on any atom is -0.478 e. The van der Waals surface area contributed by atoms with Crippen LogP contribution >= 0.6 is 0 Å². The lowest BCUT2D eigenvalue weighted by atomic mass is 10.1. The number of carbonyl (C=O) groups is 2. The van der Waals surface area contributed by atoms with Gasteiger partial charge in [-0.15, -0.1) is 0 Å². The lowest BCUT2D eigenvalue weighted by molar-refractivity contribution is 0.0696. The van der Waals surface area contributed by atoms with Crippen molar-refractivity contribution in [1.82, 2.24) is 4.90 Å². The standard InChI is InChI=1S/C16H17NO4/c1-10-6-13(8-14(7-10)16(19)20)15(18)17(3)9-12-4-5-21-11(12)2/h4-8H,9H2,1-3H3,(H,19,20). The molecule has 0 aliphatic heterocycles. The van der Waals surface area contributed by atoms with E-state index in [2.05, 4.69) is 0 Å². The van der Waals surface area contributed by atoms with Crippen molar-refractivity contribution in [3.63, 3.8) is 0 Å². The molecule has 5 heteroatoms. The van der Waals surface area contributed by atoms with Crippen molar-refractivity contribution >= 4 is 11.9 Å². The zero-order valence-corrected chi connectivity index (χ0v) is 12.2. The molecule has 1 heterocycles. The summed E-state index contributed by atoms with van der Waals surface area (Å²) in [5.41, 5.74) is 2.16. The summed E-state index contributed by atoms with van der Waals surface area (Å²) in [4.78, 5) is 25.0. The Hall–Kier alpha value is -2.56. The van der Waals surface area contributed by atoms with Gasteiger partial charge in [0.25, 0.3) is 5.91 Å². The summed E-state index contributed by atoms with van der Waals surface area (Å²) in [6.45, 7) is 4.02. The summed E-state index contributed by atoms with van der Waals surface area (Å²) in [7, 11) is 1.68. The quantitative estimate of drug-likeness (QED) is 0.938. The molecule has 1 aromatic carbocycles. The minimum absolute atomic E-state index is 0.117. The van der Waals surface area contributed by atoms with Gasteiger partial charge >= 0.3 is 5.97 Å². The average Bonchev–Trinajstić information content (AvgIpc) is 2.82. The molecular formula is C16H17NO4. The van der Waals surface area contributed by atoms with Crippen molar-refractivity contribution < 1.29 is 19.1 Å². The van der Waals surface area contributed by atoms with Gasteiger partial charge in [0, 0.05) is 24.7 Å². The number of carbonyl (C=O) groups excluding carboxylic acids is 1. The Labute approximate surface area is 122 Å². The third-order valence-corrected chi connectivity index (χ3v) is 3.29. The molecule has 0 saturated carbocycles. The van der Waals surface area contributed by atoms with E-state index in [1.54, 1.807) is 32.4 Å². The highest BCUT2D eigenvalue weighted by atomic mass is 16.4. The van der Waals surface area contributed by atoms with Crippen molar-refractivity contribution in [3.05, 3.63) is 58.5 Å². The van der Waals surface area contributed by atoms with Crippen molar-refractivity contribution in [2.75, 3.05) is 7.05 Å². The maximum Gasteiger partial charge on any atom is 0.335 e. The molecular weight excluding hydrogens is 270 g/mol. The molecule has 2 rings (SSSR count). The zero-order chi connectivity index (χ0) is 15.6. The summed E-state index contributed by atoms with van der Waals surface area (Å²) in [5, 5.41) is 9.06. The van der Waals surface area contributed by atoms with Crippen LogP contribution in [-0.2, 0) is 6.54 Å². The largest absolute Gasteiger partial charge is 0.478 e. The van der Waals surface area contributed by atoms with E-state index in [9.17, 15) is 9.59 Å². The Bertz CT molecular complexity index is 687. The number of benzene rings is 1. The molecule has 110 valence electrons. The molecule has 0 atom stereocenters. The second-order valence-corrected chi connectivity index (χ2v) is 5.06. The highest BCUT2D eigenvalue weighted by Crippen LogP contribution is 2.15. The van der Waals surface area contributed by atoms with Crippen molar-refractivity contribution in [1.29, 1.82) is 0 Å². The third kappa shape index (κ3) is 3.31. The Kier molecular flexibility index (Phi) is 4.12. The minimum atomic E-state index is -1.04. The topological polar surface area (TPSA) is 70.8 Å². The van der Waals surface area contributed by atoms with Gasteiger partial charge in [-0.25, -0.2) is 4.79 Å². The van der Waals surface area contributed by atoms with Crippen LogP contribution in [0.1, 0.15) is 37.6 Å². The number of nitrogens with zero attached hydrogens (tertiary/aromatic N) is 1. The Morgan fingerprint density at radius 1 is 1.19 bits per heavy atom. The van der Waals surface area contributed by atoms with Crippen LogP contribution in [0.3, 0.4) is 0 Å². The number of furan rings is 1. The summed E-state index contributed by atoms with van der Waals surface area (Å²) in [5.74, 6) is -0.493. The molecule has 0 bridgehead atoms. The molecule has 1 N–H and O–H groups in total. The van der Waals surface area contributed by atoms with Crippen LogP contribution in [0.4, 0.5) is 0 Å². The molecule has 0 saturated heterocycles. The van der Waals surface area contributed by atoms with Crippen molar-refractivity contribution in [3.8, 4) is 0 Å². The summed E-state index contributed by atoms with van der Waals surface area (Å²) in [6.07, 6.45) is 1.58. The molecule has 0 spiro atoms. The smallest absolute Gasteiger partial charge is 0.335 e. The van der Waals surface area contributed by atoms with E-state index >= 15 is 0 Å². The molecule has 0 aliphatic carbocycles. The van der Waals surface area contributed by atoms with Gasteiger partial charge in [0.1, 0.15) is 5.76 Å². The van der Waals surface area contributed by atoms with Crippen LogP contribution in [-0.4, -0.2) is 28.9 Å². The maximum absolute atomic E-state index is 12.4. The van der Waals surface area contributed by atoms with E-state index in [1.807, 2.05) is 13.0 Å². The fraction of sp³-hybridized carbons (Fsp3) is 0.250.